The fraction of sp³-hybridized carbons (Fsp3) is 0.250. The van der Waals surface area contributed by atoms with Crippen molar-refractivity contribution in [1.29, 1.82) is 0 Å². The van der Waals surface area contributed by atoms with E-state index in [0.717, 1.165) is 5.56 Å². The number of amides is 1. The Morgan fingerprint density at radius 1 is 1.17 bits per heavy atom. The molecule has 3 aromatic heterocycles. The van der Waals surface area contributed by atoms with E-state index in [2.05, 4.69) is 15.5 Å². The number of rotatable bonds is 9. The first kappa shape index (κ1) is 24.6. The molecule has 1 N–H and O–H groups in total. The van der Waals surface area contributed by atoms with Crippen molar-refractivity contribution in [2.75, 3.05) is 25.3 Å². The van der Waals surface area contributed by atoms with Crippen molar-refractivity contribution in [2.24, 2.45) is 0 Å². The number of ether oxygens (including phenoxy) is 2. The minimum Gasteiger partial charge on any atom is -0.497 e. The molecule has 182 valence electrons. The molecule has 11 heteroatoms. The third-order valence-electron chi connectivity index (χ3n) is 5.09. The second-order valence-electron chi connectivity index (χ2n) is 7.66. The maximum absolute atomic E-state index is 12.8. The van der Waals surface area contributed by atoms with Gasteiger partial charge in [-0.1, -0.05) is 23.9 Å². The molecule has 1 amide bonds. The number of methoxy groups -OCH3 is 2. The third-order valence-corrected chi connectivity index (χ3v) is 6.93. The summed E-state index contributed by atoms with van der Waals surface area (Å²) in [5.74, 6) is 1.19. The topological polar surface area (TPSA) is 108 Å². The summed E-state index contributed by atoms with van der Waals surface area (Å²) in [6.45, 7) is 4.02. The van der Waals surface area contributed by atoms with Crippen molar-refractivity contribution in [3.63, 3.8) is 0 Å². The maximum Gasteiger partial charge on any atom is 0.341 e. The van der Waals surface area contributed by atoms with Gasteiger partial charge in [0.15, 0.2) is 10.9 Å². The van der Waals surface area contributed by atoms with Crippen LogP contribution in [0.2, 0.25) is 0 Å². The van der Waals surface area contributed by atoms with E-state index >= 15 is 0 Å². The number of anilines is 1. The van der Waals surface area contributed by atoms with E-state index in [1.807, 2.05) is 54.1 Å². The molecule has 1 aromatic carbocycles. The van der Waals surface area contributed by atoms with Crippen molar-refractivity contribution >= 4 is 40.0 Å². The molecule has 0 aliphatic rings. The van der Waals surface area contributed by atoms with E-state index in [1.165, 1.54) is 30.2 Å². The largest absolute Gasteiger partial charge is 0.497 e. The number of nitrogens with one attached hydrogen (secondary N) is 1. The number of nitrogens with zero attached hydrogens (tertiary/aromatic N) is 3. The molecular weight excluding hydrogens is 488 g/mol. The first-order chi connectivity index (χ1) is 16.9. The number of hydrogen-bond acceptors (Lipinski definition) is 9. The highest BCUT2D eigenvalue weighted by atomic mass is 32.2. The summed E-state index contributed by atoms with van der Waals surface area (Å²) in [7, 11) is 2.90. The summed E-state index contributed by atoms with van der Waals surface area (Å²) < 4.78 is 17.6. The zero-order valence-electron chi connectivity index (χ0n) is 19.6. The molecule has 4 aromatic rings. The van der Waals surface area contributed by atoms with Gasteiger partial charge in [-0.2, -0.15) is 0 Å². The third kappa shape index (κ3) is 5.25. The summed E-state index contributed by atoms with van der Waals surface area (Å²) in [6, 6.07) is 11.0. The van der Waals surface area contributed by atoms with Crippen molar-refractivity contribution < 1.29 is 23.5 Å². The average Bonchev–Trinajstić information content (AvgIpc) is 3.62. The molecule has 35 heavy (non-hydrogen) atoms. The number of esters is 1. The normalized spacial score (nSPS) is 11.0. The molecule has 0 saturated carbocycles. The van der Waals surface area contributed by atoms with Crippen LogP contribution in [-0.4, -0.2) is 46.6 Å². The van der Waals surface area contributed by atoms with Gasteiger partial charge in [-0.25, -0.2) is 4.79 Å². The van der Waals surface area contributed by atoms with Gasteiger partial charge in [0.05, 0.1) is 26.2 Å². The second kappa shape index (κ2) is 10.8. The highest BCUT2D eigenvalue weighted by Crippen LogP contribution is 2.37. The predicted molar refractivity (Wildman–Crippen MR) is 135 cm³/mol. The van der Waals surface area contributed by atoms with Crippen molar-refractivity contribution in [3.8, 4) is 28.5 Å². The Balaban J connectivity index is 1.52. The van der Waals surface area contributed by atoms with Crippen LogP contribution in [0.1, 0.15) is 30.2 Å². The Hall–Kier alpha value is -3.57. The van der Waals surface area contributed by atoms with Gasteiger partial charge < -0.3 is 19.2 Å². The Kier molecular flexibility index (Phi) is 7.57. The van der Waals surface area contributed by atoms with E-state index in [-0.39, 0.29) is 17.7 Å². The van der Waals surface area contributed by atoms with Gasteiger partial charge in [-0.05, 0) is 43.7 Å². The first-order valence-corrected chi connectivity index (χ1v) is 12.5. The molecule has 0 unspecified atom stereocenters. The molecule has 0 atom stereocenters. The minimum atomic E-state index is -0.525. The van der Waals surface area contributed by atoms with Crippen molar-refractivity contribution in [1.82, 2.24) is 14.8 Å². The quantitative estimate of drug-likeness (QED) is 0.235. The summed E-state index contributed by atoms with van der Waals surface area (Å²) in [4.78, 5) is 25.4. The Morgan fingerprint density at radius 2 is 1.94 bits per heavy atom. The smallest absolute Gasteiger partial charge is 0.341 e. The predicted octanol–water partition coefficient (Wildman–Crippen LogP) is 5.37. The van der Waals surface area contributed by atoms with Crippen LogP contribution >= 0.6 is 23.1 Å². The van der Waals surface area contributed by atoms with Gasteiger partial charge in [0.25, 0.3) is 0 Å². The van der Waals surface area contributed by atoms with Crippen LogP contribution in [0.4, 0.5) is 5.00 Å². The van der Waals surface area contributed by atoms with Crippen LogP contribution in [0.5, 0.6) is 5.75 Å². The minimum absolute atomic E-state index is 0.0611. The van der Waals surface area contributed by atoms with Crippen molar-refractivity contribution in [2.45, 2.75) is 25.0 Å². The Labute approximate surface area is 210 Å². The summed E-state index contributed by atoms with van der Waals surface area (Å²) in [5, 5.41) is 14.2. The van der Waals surface area contributed by atoms with Gasteiger partial charge in [0, 0.05) is 17.0 Å². The number of aromatic nitrogens is 3. The Morgan fingerprint density at radius 3 is 2.57 bits per heavy atom. The molecular formula is C24H24N4O5S2. The number of hydrogen-bond donors (Lipinski definition) is 1. The number of carbonyl (C=O) groups is 2. The van der Waals surface area contributed by atoms with E-state index in [4.69, 9.17) is 13.9 Å². The van der Waals surface area contributed by atoms with Gasteiger partial charge in [-0.15, -0.1) is 21.5 Å². The molecule has 0 radical (unpaired) electrons. The number of thioether (sulfide) groups is 1. The molecule has 0 saturated heterocycles. The van der Waals surface area contributed by atoms with Gasteiger partial charge in [0.2, 0.25) is 11.7 Å². The first-order valence-electron chi connectivity index (χ1n) is 10.7. The van der Waals surface area contributed by atoms with E-state index in [9.17, 15) is 9.59 Å². The summed E-state index contributed by atoms with van der Waals surface area (Å²) in [6.07, 6.45) is 1.58. The number of carbonyl (C=O) groups excluding carboxylic acids is 2. The van der Waals surface area contributed by atoms with Gasteiger partial charge >= 0.3 is 5.97 Å². The molecule has 0 fully saturated rings. The van der Waals surface area contributed by atoms with Crippen LogP contribution in [0, 0.1) is 0 Å². The van der Waals surface area contributed by atoms with Crippen LogP contribution < -0.4 is 10.1 Å². The van der Waals surface area contributed by atoms with E-state index in [0.29, 0.717) is 38.6 Å². The van der Waals surface area contributed by atoms with E-state index < -0.39 is 5.97 Å². The Bertz CT molecular complexity index is 1310. The SMILES string of the molecule is COC(=O)c1c(-c2ccc(OC)cc2)csc1NC(=O)CSc1nnc(-c2ccco2)n1C(C)C. The molecule has 0 bridgehead atoms. The van der Waals surface area contributed by atoms with E-state index in [1.54, 1.807) is 19.4 Å². The monoisotopic (exact) mass is 512 g/mol. The highest BCUT2D eigenvalue weighted by molar-refractivity contribution is 7.99. The van der Waals surface area contributed by atoms with Crippen LogP contribution in [0.15, 0.2) is 57.6 Å². The lowest BCUT2D eigenvalue weighted by Crippen LogP contribution is -2.16. The summed E-state index contributed by atoms with van der Waals surface area (Å²) >= 11 is 2.52. The molecule has 9 nitrogen and oxygen atoms in total. The molecule has 0 aliphatic heterocycles. The van der Waals surface area contributed by atoms with Gasteiger partial charge in [0.1, 0.15) is 16.3 Å². The molecule has 3 heterocycles. The second-order valence-corrected chi connectivity index (χ2v) is 9.48. The number of benzene rings is 1. The lowest BCUT2D eigenvalue weighted by atomic mass is 10.0. The summed E-state index contributed by atoms with van der Waals surface area (Å²) in [5.41, 5.74) is 1.80. The fourth-order valence-corrected chi connectivity index (χ4v) is 5.29. The van der Waals surface area contributed by atoms with Crippen molar-refractivity contribution in [3.05, 3.63) is 53.6 Å². The molecule has 0 aliphatic carbocycles. The fourth-order valence-electron chi connectivity index (χ4n) is 3.45. The standard InChI is InChI=1S/C24H24N4O5S2/c1-14(2)28-21(18-6-5-11-33-18)26-27-24(28)35-13-19(29)25-22-20(23(30)32-4)17(12-34-22)15-7-9-16(31-3)10-8-15/h5-12,14H,13H2,1-4H3,(H,25,29). The van der Waals surface area contributed by atoms with Crippen LogP contribution in [-0.2, 0) is 9.53 Å². The highest BCUT2D eigenvalue weighted by Gasteiger charge is 2.23. The number of furan rings is 1. The average molecular weight is 513 g/mol. The number of thiophene rings is 1. The lowest BCUT2D eigenvalue weighted by molar-refractivity contribution is -0.113. The zero-order chi connectivity index (χ0) is 24.9. The van der Waals surface area contributed by atoms with Crippen LogP contribution in [0.25, 0.3) is 22.7 Å². The zero-order valence-corrected chi connectivity index (χ0v) is 21.2. The maximum atomic E-state index is 12.8. The van der Waals surface area contributed by atoms with Gasteiger partial charge in [-0.3, -0.25) is 9.36 Å². The van der Waals surface area contributed by atoms with Crippen LogP contribution in [0.3, 0.4) is 0 Å². The lowest BCUT2D eigenvalue weighted by Gasteiger charge is -2.12. The molecule has 0 spiro atoms. The molecule has 4 rings (SSSR count).